The van der Waals surface area contributed by atoms with E-state index in [0.29, 0.717) is 41.3 Å². The summed E-state index contributed by atoms with van der Waals surface area (Å²) >= 11 is 0. The molecule has 1 aromatic carbocycles. The molecule has 3 heterocycles. The van der Waals surface area contributed by atoms with Crippen LogP contribution < -0.4 is 4.90 Å². The lowest BCUT2D eigenvalue weighted by molar-refractivity contribution is 0.0308. The minimum absolute atomic E-state index is 0.175. The maximum absolute atomic E-state index is 14.8. The first-order valence-electron chi connectivity index (χ1n) is 10.5. The summed E-state index contributed by atoms with van der Waals surface area (Å²) < 4.78 is 28.9. The zero-order chi connectivity index (χ0) is 25.8. The number of ether oxygens (including phenoxy) is 1. The summed E-state index contributed by atoms with van der Waals surface area (Å²) in [5.74, 6) is -0.0972. The van der Waals surface area contributed by atoms with Gasteiger partial charge in [0.2, 0.25) is 5.82 Å². The molecule has 0 spiro atoms. The first-order chi connectivity index (χ1) is 16.5. The number of amides is 1. The predicted molar refractivity (Wildman–Crippen MR) is 120 cm³/mol. The van der Waals surface area contributed by atoms with Gasteiger partial charge in [-0.1, -0.05) is 13.0 Å². The van der Waals surface area contributed by atoms with Crippen LogP contribution in [0.2, 0.25) is 0 Å². The van der Waals surface area contributed by atoms with Gasteiger partial charge in [-0.25, -0.2) is 13.8 Å². The van der Waals surface area contributed by atoms with E-state index >= 15 is 0 Å². The molecule has 0 aliphatic carbocycles. The lowest BCUT2D eigenvalue weighted by Gasteiger charge is -2.16. The molecule has 3 aromatic rings. The molecule has 1 fully saturated rings. The predicted octanol–water partition coefficient (Wildman–Crippen LogP) is 1.73. The Morgan fingerprint density at radius 2 is 1.94 bits per heavy atom. The number of rotatable bonds is 6. The SMILES string of the molecule is CCC(O)C1CN(c2ccc(-c3ccc(-c4nnn(CC)n4)nc3)c(F)c2)C(=O)O1.O=P(O)(O)O. The second-order valence-electron chi connectivity index (χ2n) is 7.42. The third-order valence-corrected chi connectivity index (χ3v) is 4.99. The van der Waals surface area contributed by atoms with Crippen LogP contribution in [0.5, 0.6) is 0 Å². The first-order valence-corrected chi connectivity index (χ1v) is 12.0. The molecule has 188 valence electrons. The number of pyridine rings is 1. The summed E-state index contributed by atoms with van der Waals surface area (Å²) in [5, 5.41) is 21.9. The third-order valence-electron chi connectivity index (χ3n) is 4.99. The van der Waals surface area contributed by atoms with Gasteiger partial charge in [0.25, 0.3) is 0 Å². The monoisotopic (exact) mass is 510 g/mol. The molecule has 0 bridgehead atoms. The highest BCUT2D eigenvalue weighted by Gasteiger charge is 2.36. The van der Waals surface area contributed by atoms with E-state index in [-0.39, 0.29) is 6.54 Å². The number of aromatic nitrogens is 5. The topological polar surface area (TPSA) is 184 Å². The van der Waals surface area contributed by atoms with Crippen molar-refractivity contribution in [2.45, 2.75) is 39.0 Å². The first kappa shape index (κ1) is 26.3. The van der Waals surface area contributed by atoms with Crippen LogP contribution in [0.4, 0.5) is 14.9 Å². The number of benzene rings is 1. The molecule has 4 rings (SSSR count). The Morgan fingerprint density at radius 3 is 2.49 bits per heavy atom. The highest BCUT2D eigenvalue weighted by molar-refractivity contribution is 7.45. The standard InChI is InChI=1S/C20H21FN6O3.H3O4P/c1-3-17(28)18-11-26(20(29)30-18)13-6-7-14(15(21)9-13)12-5-8-16(22-10-12)19-23-25-27(4-2)24-19;1-5(2,3)4/h5-10,17-18,28H,3-4,11H2,1-2H3;(H3,1,2,3,4). The van der Waals surface area contributed by atoms with Gasteiger partial charge in [-0.3, -0.25) is 9.88 Å². The number of aliphatic hydroxyl groups is 1. The Balaban J connectivity index is 0.000000623. The van der Waals surface area contributed by atoms with E-state index in [1.54, 1.807) is 31.2 Å². The Bertz CT molecular complexity index is 1210. The van der Waals surface area contributed by atoms with Crippen molar-refractivity contribution < 1.29 is 38.3 Å². The lowest BCUT2D eigenvalue weighted by Crippen LogP contribution is -2.30. The van der Waals surface area contributed by atoms with E-state index in [2.05, 4.69) is 20.4 Å². The molecule has 2 atom stereocenters. The van der Waals surface area contributed by atoms with Crippen LogP contribution in [0.15, 0.2) is 36.5 Å². The van der Waals surface area contributed by atoms with Crippen molar-refractivity contribution in [1.82, 2.24) is 25.2 Å². The molecule has 0 radical (unpaired) electrons. The summed E-state index contributed by atoms with van der Waals surface area (Å²) in [7, 11) is -4.64. The van der Waals surface area contributed by atoms with Gasteiger partial charge < -0.3 is 24.5 Å². The molecule has 1 saturated heterocycles. The Kier molecular flexibility index (Phi) is 8.25. The lowest BCUT2D eigenvalue weighted by atomic mass is 10.1. The molecule has 4 N–H and O–H groups in total. The largest absolute Gasteiger partial charge is 0.466 e. The van der Waals surface area contributed by atoms with Crippen LogP contribution >= 0.6 is 7.82 Å². The van der Waals surface area contributed by atoms with Crippen molar-refractivity contribution in [2.75, 3.05) is 11.4 Å². The fourth-order valence-electron chi connectivity index (χ4n) is 3.23. The second kappa shape index (κ2) is 11.0. The van der Waals surface area contributed by atoms with E-state index in [4.69, 9.17) is 24.0 Å². The van der Waals surface area contributed by atoms with Crippen molar-refractivity contribution in [3.05, 3.63) is 42.3 Å². The molecule has 15 heteroatoms. The summed E-state index contributed by atoms with van der Waals surface area (Å²) in [4.78, 5) is 40.8. The summed E-state index contributed by atoms with van der Waals surface area (Å²) in [6.45, 7) is 4.49. The van der Waals surface area contributed by atoms with E-state index in [1.807, 2.05) is 6.92 Å². The second-order valence-corrected chi connectivity index (χ2v) is 8.45. The number of cyclic esters (lactones) is 1. The number of hydrogen-bond donors (Lipinski definition) is 4. The van der Waals surface area contributed by atoms with E-state index in [9.17, 15) is 14.3 Å². The minimum atomic E-state index is -4.64. The molecular formula is C20H24FN6O7P. The molecule has 35 heavy (non-hydrogen) atoms. The molecule has 2 aromatic heterocycles. The van der Waals surface area contributed by atoms with Gasteiger partial charge in [0.05, 0.1) is 24.9 Å². The van der Waals surface area contributed by atoms with Crippen LogP contribution in [0, 0.1) is 5.82 Å². The average Bonchev–Trinajstić information content (AvgIpc) is 3.44. The third kappa shape index (κ3) is 6.87. The summed E-state index contributed by atoms with van der Waals surface area (Å²) in [6, 6.07) is 7.94. The normalized spacial score (nSPS) is 16.5. The number of aliphatic hydroxyl groups excluding tert-OH is 1. The number of nitrogens with zero attached hydrogens (tertiary/aromatic N) is 6. The van der Waals surface area contributed by atoms with Crippen molar-refractivity contribution >= 4 is 19.6 Å². The van der Waals surface area contributed by atoms with Gasteiger partial charge in [-0.2, -0.15) is 4.80 Å². The van der Waals surface area contributed by atoms with Crippen molar-refractivity contribution in [1.29, 1.82) is 0 Å². The number of tetrazole rings is 1. The number of anilines is 1. The highest BCUT2D eigenvalue weighted by atomic mass is 31.2. The quantitative estimate of drug-likeness (QED) is 0.354. The van der Waals surface area contributed by atoms with Crippen molar-refractivity contribution in [3.63, 3.8) is 0 Å². The molecule has 1 aliphatic rings. The highest BCUT2D eigenvalue weighted by Crippen LogP contribution is 2.30. The van der Waals surface area contributed by atoms with E-state index in [0.717, 1.165) is 0 Å². The number of carbonyl (C=O) groups excluding carboxylic acids is 1. The van der Waals surface area contributed by atoms with Gasteiger partial charge in [0.1, 0.15) is 17.6 Å². The Morgan fingerprint density at radius 1 is 1.23 bits per heavy atom. The maximum Gasteiger partial charge on any atom is 0.466 e. The van der Waals surface area contributed by atoms with Crippen LogP contribution in [0.25, 0.3) is 22.6 Å². The van der Waals surface area contributed by atoms with Gasteiger partial charge in [-0.15, -0.1) is 10.2 Å². The molecule has 1 amide bonds. The fourth-order valence-corrected chi connectivity index (χ4v) is 3.23. The molecule has 2 unspecified atom stereocenters. The zero-order valence-electron chi connectivity index (χ0n) is 18.8. The Hall–Kier alpha value is -3.29. The average molecular weight is 510 g/mol. The van der Waals surface area contributed by atoms with Crippen LogP contribution in [0.3, 0.4) is 0 Å². The van der Waals surface area contributed by atoms with Crippen LogP contribution in [-0.4, -0.2) is 69.8 Å². The van der Waals surface area contributed by atoms with Crippen molar-refractivity contribution in [2.24, 2.45) is 0 Å². The number of carbonyl (C=O) groups is 1. The summed E-state index contributed by atoms with van der Waals surface area (Å²) in [6.07, 6.45) is 0.0325. The summed E-state index contributed by atoms with van der Waals surface area (Å²) in [5.41, 5.74) is 1.84. The van der Waals surface area contributed by atoms with Gasteiger partial charge >= 0.3 is 13.9 Å². The van der Waals surface area contributed by atoms with Gasteiger partial charge in [-0.05, 0) is 42.8 Å². The number of halogens is 1. The molecular weight excluding hydrogens is 486 g/mol. The molecule has 0 saturated carbocycles. The molecule has 13 nitrogen and oxygen atoms in total. The van der Waals surface area contributed by atoms with Crippen LogP contribution in [0.1, 0.15) is 20.3 Å². The number of aryl methyl sites for hydroxylation is 1. The smallest absolute Gasteiger partial charge is 0.441 e. The number of hydrogen-bond acceptors (Lipinski definition) is 8. The zero-order valence-corrected chi connectivity index (χ0v) is 19.7. The number of phosphoric acid groups is 1. The minimum Gasteiger partial charge on any atom is -0.441 e. The van der Waals surface area contributed by atoms with Crippen molar-refractivity contribution in [3.8, 4) is 22.6 Å². The van der Waals surface area contributed by atoms with Gasteiger partial charge in [0.15, 0.2) is 0 Å². The van der Waals surface area contributed by atoms with E-state index in [1.165, 1.54) is 22.0 Å². The van der Waals surface area contributed by atoms with Crippen LogP contribution in [-0.2, 0) is 15.8 Å². The Labute approximate surface area is 199 Å². The molecule has 1 aliphatic heterocycles. The van der Waals surface area contributed by atoms with Gasteiger partial charge in [0, 0.05) is 17.3 Å². The maximum atomic E-state index is 14.8. The fraction of sp³-hybridized carbons (Fsp3) is 0.350. The van der Waals surface area contributed by atoms with E-state index < -0.39 is 31.9 Å².